The first-order valence-corrected chi connectivity index (χ1v) is 12.4. The van der Waals surface area contributed by atoms with Gasteiger partial charge >= 0.3 is 5.97 Å². The Kier molecular flexibility index (Phi) is 7.08. The van der Waals surface area contributed by atoms with Crippen LogP contribution in [-0.2, 0) is 22.5 Å². The zero-order valence-corrected chi connectivity index (χ0v) is 20.9. The second-order valence-electron chi connectivity index (χ2n) is 9.14. The molecule has 1 aliphatic heterocycles. The number of aromatic nitrogens is 1. The summed E-state index contributed by atoms with van der Waals surface area (Å²) in [6, 6.07) is 27.4. The maximum Gasteiger partial charge on any atom is 0.346 e. The number of benzene rings is 3. The second kappa shape index (κ2) is 10.7. The molecule has 5 rings (SSSR count). The first kappa shape index (κ1) is 24.4. The molecule has 0 fully saturated rings. The number of ether oxygens (including phenoxy) is 3. The van der Waals surface area contributed by atoms with Crippen LogP contribution in [0.2, 0.25) is 0 Å². The van der Waals surface area contributed by atoms with Gasteiger partial charge in [-0.25, -0.2) is 4.79 Å². The van der Waals surface area contributed by atoms with Gasteiger partial charge in [-0.2, -0.15) is 0 Å². The number of hydrogen-bond acceptors (Lipinski definition) is 5. The van der Waals surface area contributed by atoms with Gasteiger partial charge in [0.25, 0.3) is 5.56 Å². The van der Waals surface area contributed by atoms with Gasteiger partial charge in [-0.05, 0) is 55.2 Å². The quantitative estimate of drug-likeness (QED) is 0.258. The predicted octanol–water partition coefficient (Wildman–Crippen LogP) is 5.71. The van der Waals surface area contributed by atoms with E-state index in [9.17, 15) is 9.59 Å². The van der Waals surface area contributed by atoms with Crippen molar-refractivity contribution in [3.63, 3.8) is 0 Å². The summed E-state index contributed by atoms with van der Waals surface area (Å²) in [7, 11) is 1.34. The Bertz CT molecular complexity index is 1430. The van der Waals surface area contributed by atoms with Gasteiger partial charge in [0, 0.05) is 35.9 Å². The van der Waals surface area contributed by atoms with Crippen molar-refractivity contribution in [3.05, 3.63) is 124 Å². The minimum atomic E-state index is -0.679. The third kappa shape index (κ3) is 5.28. The number of aryl methyl sites for hydroxylation is 2. The molecular weight excluding hydrogens is 466 g/mol. The van der Waals surface area contributed by atoms with Crippen molar-refractivity contribution >= 4 is 5.97 Å². The molecule has 1 atom stereocenters. The topological polar surface area (TPSA) is 66.8 Å². The number of hydrogen-bond donors (Lipinski definition) is 0. The summed E-state index contributed by atoms with van der Waals surface area (Å²) in [6.07, 6.45) is 2.84. The van der Waals surface area contributed by atoms with Crippen LogP contribution in [-0.4, -0.2) is 23.8 Å². The minimum absolute atomic E-state index is 0.0152. The molecule has 0 radical (unpaired) electrons. The molecule has 0 N–H and O–H groups in total. The number of esters is 1. The molecular formula is C31H29NO5. The monoisotopic (exact) mass is 495 g/mol. The highest BCUT2D eigenvalue weighted by Gasteiger charge is 2.28. The van der Waals surface area contributed by atoms with Crippen molar-refractivity contribution in [2.45, 2.75) is 38.3 Å². The lowest BCUT2D eigenvalue weighted by Crippen LogP contribution is -2.24. The Hall–Kier alpha value is -4.32. The Morgan fingerprint density at radius 2 is 1.65 bits per heavy atom. The van der Waals surface area contributed by atoms with Crippen LogP contribution < -0.4 is 15.0 Å². The number of para-hydroxylation sites is 2. The molecule has 6 heteroatoms. The van der Waals surface area contributed by atoms with Gasteiger partial charge in [0.05, 0.1) is 7.11 Å². The van der Waals surface area contributed by atoms with Crippen LogP contribution in [0.25, 0.3) is 0 Å². The number of methoxy groups -OCH3 is 1. The van der Waals surface area contributed by atoms with Crippen molar-refractivity contribution < 1.29 is 19.0 Å². The summed E-state index contributed by atoms with van der Waals surface area (Å²) in [6.45, 7) is 2.25. The highest BCUT2D eigenvalue weighted by molar-refractivity contribution is 5.74. The molecule has 0 amide bonds. The zero-order valence-electron chi connectivity index (χ0n) is 20.9. The van der Waals surface area contributed by atoms with Crippen LogP contribution in [0, 0.1) is 0 Å². The molecule has 1 aromatic heterocycles. The SMILES string of the molecule is COC(=O)[C@H](C)Oc1cccc(CCCn2cc(C3c4ccccc4Oc4ccccc43)ccc2=O)c1. The molecule has 4 aromatic rings. The van der Waals surface area contributed by atoms with E-state index >= 15 is 0 Å². The molecule has 37 heavy (non-hydrogen) atoms. The second-order valence-corrected chi connectivity index (χ2v) is 9.14. The van der Waals surface area contributed by atoms with Crippen LogP contribution in [0.15, 0.2) is 95.9 Å². The highest BCUT2D eigenvalue weighted by Crippen LogP contribution is 2.46. The standard InChI is InChI=1S/C31H29NO5/c1-21(31(34)35-2)36-24-11-7-9-22(19-24)10-8-18-32-20-23(16-17-29(32)33)30-25-12-3-5-14-27(25)37-28-15-6-4-13-26(28)30/h3-7,9,11-17,19-21,30H,8,10,18H2,1-2H3/t21-/m0/s1. The normalized spacial score (nSPS) is 13.1. The van der Waals surface area contributed by atoms with E-state index in [0.717, 1.165) is 46.6 Å². The van der Waals surface area contributed by atoms with Crippen molar-refractivity contribution in [1.82, 2.24) is 4.57 Å². The summed E-state index contributed by atoms with van der Waals surface area (Å²) < 4.78 is 18.4. The molecule has 0 bridgehead atoms. The summed E-state index contributed by atoms with van der Waals surface area (Å²) in [5, 5.41) is 0. The summed E-state index contributed by atoms with van der Waals surface area (Å²) in [5.74, 6) is 1.87. The van der Waals surface area contributed by atoms with Gasteiger partial charge in [-0.15, -0.1) is 0 Å². The molecule has 0 saturated carbocycles. The van der Waals surface area contributed by atoms with Crippen LogP contribution in [0.5, 0.6) is 17.2 Å². The first-order chi connectivity index (χ1) is 18.0. The van der Waals surface area contributed by atoms with Crippen LogP contribution in [0.4, 0.5) is 0 Å². The van der Waals surface area contributed by atoms with Crippen LogP contribution in [0.1, 0.15) is 41.5 Å². The van der Waals surface area contributed by atoms with E-state index in [-0.39, 0.29) is 11.5 Å². The molecule has 2 heterocycles. The van der Waals surface area contributed by atoms with Gasteiger partial charge in [0.1, 0.15) is 17.2 Å². The number of carbonyl (C=O) groups is 1. The highest BCUT2D eigenvalue weighted by atomic mass is 16.6. The third-order valence-electron chi connectivity index (χ3n) is 6.63. The summed E-state index contributed by atoms with van der Waals surface area (Å²) >= 11 is 0. The van der Waals surface area contributed by atoms with Gasteiger partial charge in [-0.1, -0.05) is 54.6 Å². The smallest absolute Gasteiger partial charge is 0.346 e. The molecule has 0 spiro atoms. The van der Waals surface area contributed by atoms with E-state index in [0.29, 0.717) is 12.3 Å². The lowest BCUT2D eigenvalue weighted by Gasteiger charge is -2.28. The van der Waals surface area contributed by atoms with Crippen molar-refractivity contribution in [2.24, 2.45) is 0 Å². The van der Waals surface area contributed by atoms with Gasteiger partial charge in [-0.3, -0.25) is 4.79 Å². The van der Waals surface area contributed by atoms with E-state index in [1.807, 2.05) is 72.9 Å². The molecule has 6 nitrogen and oxygen atoms in total. The molecule has 0 aliphatic carbocycles. The van der Waals surface area contributed by atoms with Gasteiger partial charge < -0.3 is 18.8 Å². The maximum atomic E-state index is 12.7. The van der Waals surface area contributed by atoms with Crippen molar-refractivity contribution in [1.29, 1.82) is 0 Å². The van der Waals surface area contributed by atoms with E-state index in [1.54, 1.807) is 17.6 Å². The number of fused-ring (bicyclic) bond motifs is 2. The first-order valence-electron chi connectivity index (χ1n) is 12.4. The number of pyridine rings is 1. The fraction of sp³-hybridized carbons (Fsp3) is 0.226. The zero-order chi connectivity index (χ0) is 25.8. The van der Waals surface area contributed by atoms with E-state index in [4.69, 9.17) is 14.2 Å². The van der Waals surface area contributed by atoms with Gasteiger partial charge in [0.15, 0.2) is 6.10 Å². The fourth-order valence-corrected chi connectivity index (χ4v) is 4.81. The van der Waals surface area contributed by atoms with E-state index in [1.165, 1.54) is 7.11 Å². The summed E-state index contributed by atoms with van der Waals surface area (Å²) in [4.78, 5) is 24.4. The van der Waals surface area contributed by atoms with Crippen LogP contribution >= 0.6 is 0 Å². The molecule has 3 aromatic carbocycles. The summed E-state index contributed by atoms with van der Waals surface area (Å²) in [5.41, 5.74) is 4.27. The Labute approximate surface area is 216 Å². The minimum Gasteiger partial charge on any atom is -0.479 e. The largest absolute Gasteiger partial charge is 0.479 e. The Morgan fingerprint density at radius 1 is 0.946 bits per heavy atom. The number of carbonyl (C=O) groups excluding carboxylic acids is 1. The average Bonchev–Trinajstić information content (AvgIpc) is 2.92. The lowest BCUT2D eigenvalue weighted by molar-refractivity contribution is -0.147. The van der Waals surface area contributed by atoms with Gasteiger partial charge in [0.2, 0.25) is 0 Å². The third-order valence-corrected chi connectivity index (χ3v) is 6.63. The van der Waals surface area contributed by atoms with E-state index < -0.39 is 12.1 Å². The van der Waals surface area contributed by atoms with Crippen molar-refractivity contribution in [3.8, 4) is 17.2 Å². The van der Waals surface area contributed by atoms with E-state index in [2.05, 4.69) is 12.1 Å². The average molecular weight is 496 g/mol. The lowest BCUT2D eigenvalue weighted by atomic mass is 9.83. The van der Waals surface area contributed by atoms with Crippen LogP contribution in [0.3, 0.4) is 0 Å². The van der Waals surface area contributed by atoms with Crippen molar-refractivity contribution in [2.75, 3.05) is 7.11 Å². The Morgan fingerprint density at radius 3 is 2.35 bits per heavy atom. The fourth-order valence-electron chi connectivity index (χ4n) is 4.81. The Balaban J connectivity index is 1.33. The molecule has 0 saturated heterocycles. The molecule has 1 aliphatic rings. The number of nitrogens with zero attached hydrogens (tertiary/aromatic N) is 1. The predicted molar refractivity (Wildman–Crippen MR) is 141 cm³/mol. The number of rotatable bonds is 8. The maximum absolute atomic E-state index is 12.7. The molecule has 0 unspecified atom stereocenters. The molecule has 188 valence electrons.